The number of hydrogen-bond acceptors (Lipinski definition) is 4. The van der Waals surface area contributed by atoms with Crippen LogP contribution in [-0.2, 0) is 19.0 Å². The van der Waals surface area contributed by atoms with Gasteiger partial charge in [0, 0.05) is 17.9 Å². The molecule has 0 aromatic carbocycles. The molecule has 3 unspecified atom stereocenters. The maximum Gasteiger partial charge on any atom is 0.330 e. The van der Waals surface area contributed by atoms with Crippen LogP contribution < -0.4 is 0 Å². The number of ether oxygens (including phenoxy) is 3. The first-order valence-corrected chi connectivity index (χ1v) is 9.66. The second-order valence-corrected chi connectivity index (χ2v) is 7.45. The number of carbonyl (C=O) groups excluding carboxylic acids is 1. The molecule has 3 aliphatic carbocycles. The molecule has 4 heteroatoms. The maximum absolute atomic E-state index is 11.5. The summed E-state index contributed by atoms with van der Waals surface area (Å²) in [5, 5.41) is 0. The molecular formula is C22H30O4. The lowest BCUT2D eigenvalue weighted by molar-refractivity contribution is -0.266. The number of fused-ring (bicyclic) bond motifs is 1. The molecule has 2 fully saturated rings. The number of allylic oxidation sites excluding steroid dienone is 5. The van der Waals surface area contributed by atoms with Gasteiger partial charge in [-0.25, -0.2) is 4.79 Å². The van der Waals surface area contributed by atoms with Gasteiger partial charge in [-0.3, -0.25) is 0 Å². The fourth-order valence-corrected chi connectivity index (χ4v) is 4.89. The van der Waals surface area contributed by atoms with Crippen LogP contribution in [0.25, 0.3) is 0 Å². The molecule has 4 rings (SSSR count). The lowest BCUT2D eigenvalue weighted by Crippen LogP contribution is -2.59. The molecule has 142 valence electrons. The molecule has 1 saturated carbocycles. The predicted octanol–water partition coefficient (Wildman–Crippen LogP) is 4.34. The van der Waals surface area contributed by atoms with E-state index in [-0.39, 0.29) is 11.4 Å². The Hall–Kier alpha value is -1.65. The quantitative estimate of drug-likeness (QED) is 0.294. The van der Waals surface area contributed by atoms with Crippen molar-refractivity contribution in [3.05, 3.63) is 48.6 Å². The fourth-order valence-electron chi connectivity index (χ4n) is 4.89. The monoisotopic (exact) mass is 358 g/mol. The first-order chi connectivity index (χ1) is 12.6. The van der Waals surface area contributed by atoms with Crippen LogP contribution in [0.5, 0.6) is 0 Å². The first-order valence-electron chi connectivity index (χ1n) is 9.66. The average molecular weight is 358 g/mol. The van der Waals surface area contributed by atoms with Gasteiger partial charge in [-0.2, -0.15) is 0 Å². The van der Waals surface area contributed by atoms with Crippen LogP contribution in [0, 0.1) is 17.3 Å². The highest BCUT2D eigenvalue weighted by atomic mass is 16.7. The summed E-state index contributed by atoms with van der Waals surface area (Å²) >= 11 is 0. The van der Waals surface area contributed by atoms with E-state index in [1.54, 1.807) is 13.0 Å². The Morgan fingerprint density at radius 3 is 2.85 bits per heavy atom. The lowest BCUT2D eigenvalue weighted by atomic mass is 9.52. The summed E-state index contributed by atoms with van der Waals surface area (Å²) in [7, 11) is 0. The molecule has 1 saturated heterocycles. The Bertz CT molecular complexity index is 624. The van der Waals surface area contributed by atoms with Gasteiger partial charge in [0.15, 0.2) is 5.79 Å². The van der Waals surface area contributed by atoms with E-state index < -0.39 is 5.79 Å². The molecule has 0 aromatic heterocycles. The van der Waals surface area contributed by atoms with E-state index in [1.165, 1.54) is 11.6 Å². The highest BCUT2D eigenvalue weighted by molar-refractivity contribution is 5.82. The van der Waals surface area contributed by atoms with E-state index in [2.05, 4.69) is 25.7 Å². The van der Waals surface area contributed by atoms with Crippen molar-refractivity contribution in [2.75, 3.05) is 19.8 Å². The molecule has 26 heavy (non-hydrogen) atoms. The number of rotatable bonds is 7. The molecule has 0 amide bonds. The molecular weight excluding hydrogens is 328 g/mol. The van der Waals surface area contributed by atoms with Gasteiger partial charge < -0.3 is 14.2 Å². The summed E-state index contributed by atoms with van der Waals surface area (Å²) in [5.74, 6) is -0.0197. The largest absolute Gasteiger partial charge is 0.463 e. The average Bonchev–Trinajstić information content (AvgIpc) is 3.08. The van der Waals surface area contributed by atoms with Crippen LogP contribution in [-0.4, -0.2) is 31.6 Å². The third-order valence-corrected chi connectivity index (χ3v) is 6.04. The molecule has 4 nitrogen and oxygen atoms in total. The number of esters is 1. The predicted molar refractivity (Wildman–Crippen MR) is 101 cm³/mol. The van der Waals surface area contributed by atoms with E-state index in [0.717, 1.165) is 25.7 Å². The van der Waals surface area contributed by atoms with Gasteiger partial charge in [0.05, 0.1) is 19.8 Å². The Balaban J connectivity index is 1.87. The van der Waals surface area contributed by atoms with Crippen molar-refractivity contribution in [2.45, 2.75) is 45.3 Å². The van der Waals surface area contributed by atoms with Gasteiger partial charge in [-0.15, -0.1) is 6.58 Å². The van der Waals surface area contributed by atoms with Crippen molar-refractivity contribution in [3.8, 4) is 0 Å². The summed E-state index contributed by atoms with van der Waals surface area (Å²) in [6.07, 6.45) is 15.7. The minimum absolute atomic E-state index is 0.176. The van der Waals surface area contributed by atoms with E-state index in [4.69, 9.17) is 14.2 Å². The Morgan fingerprint density at radius 1 is 1.38 bits per heavy atom. The Labute approximate surface area is 156 Å². The SMILES string of the molecule is C=CCCC12C=C(C)C(CC1/C=C/C=C/C(=O)OCC)CC21OCCO1. The van der Waals surface area contributed by atoms with Gasteiger partial charge in [0.25, 0.3) is 0 Å². The van der Waals surface area contributed by atoms with Gasteiger partial charge in [-0.05, 0) is 44.9 Å². The molecule has 1 aliphatic heterocycles. The van der Waals surface area contributed by atoms with Gasteiger partial charge in [0.1, 0.15) is 0 Å². The second-order valence-electron chi connectivity index (χ2n) is 7.45. The third-order valence-electron chi connectivity index (χ3n) is 6.04. The summed E-state index contributed by atoms with van der Waals surface area (Å²) < 4.78 is 17.4. The first kappa shape index (κ1) is 19.1. The van der Waals surface area contributed by atoms with Crippen LogP contribution in [0.4, 0.5) is 0 Å². The smallest absolute Gasteiger partial charge is 0.330 e. The van der Waals surface area contributed by atoms with Crippen molar-refractivity contribution in [3.63, 3.8) is 0 Å². The van der Waals surface area contributed by atoms with Crippen molar-refractivity contribution in [1.29, 1.82) is 0 Å². The normalized spacial score (nSPS) is 32.5. The van der Waals surface area contributed by atoms with Crippen molar-refractivity contribution >= 4 is 5.97 Å². The van der Waals surface area contributed by atoms with Crippen LogP contribution in [0.2, 0.25) is 0 Å². The summed E-state index contributed by atoms with van der Waals surface area (Å²) in [6.45, 7) is 9.66. The van der Waals surface area contributed by atoms with Crippen LogP contribution in [0.3, 0.4) is 0 Å². The van der Waals surface area contributed by atoms with E-state index >= 15 is 0 Å². The molecule has 4 aliphatic rings. The molecule has 1 heterocycles. The molecule has 0 radical (unpaired) electrons. The van der Waals surface area contributed by atoms with Crippen LogP contribution >= 0.6 is 0 Å². The summed E-state index contributed by atoms with van der Waals surface area (Å²) in [4.78, 5) is 11.5. The zero-order chi connectivity index (χ0) is 18.6. The fraction of sp³-hybridized carbons (Fsp3) is 0.591. The second kappa shape index (κ2) is 7.93. The topological polar surface area (TPSA) is 44.8 Å². The Kier molecular flexibility index (Phi) is 5.83. The zero-order valence-electron chi connectivity index (χ0n) is 15.9. The molecule has 2 bridgehead atoms. The highest BCUT2D eigenvalue weighted by Crippen LogP contribution is 2.63. The van der Waals surface area contributed by atoms with Crippen molar-refractivity contribution in [2.24, 2.45) is 17.3 Å². The lowest BCUT2D eigenvalue weighted by Gasteiger charge is -2.58. The van der Waals surface area contributed by atoms with E-state index in [0.29, 0.717) is 31.7 Å². The minimum Gasteiger partial charge on any atom is -0.463 e. The zero-order valence-corrected chi connectivity index (χ0v) is 15.9. The third kappa shape index (κ3) is 3.33. The molecule has 3 atom stereocenters. The Morgan fingerprint density at radius 2 is 2.15 bits per heavy atom. The standard InChI is InChI=1S/C22H30O4/c1-4-6-11-21-15-17(3)18(16-22(21)25-12-13-26-22)14-19(21)9-7-8-10-20(23)24-5-2/h4,7-10,15,18-19H,1,5-6,11-14,16H2,2-3H3/b9-7+,10-8+. The number of carbonyl (C=O) groups is 1. The van der Waals surface area contributed by atoms with Crippen molar-refractivity contribution < 1.29 is 19.0 Å². The minimum atomic E-state index is -0.516. The van der Waals surface area contributed by atoms with Gasteiger partial charge in [0.2, 0.25) is 0 Å². The van der Waals surface area contributed by atoms with Gasteiger partial charge in [-0.1, -0.05) is 36.0 Å². The molecule has 0 N–H and O–H groups in total. The number of hydrogen-bond donors (Lipinski definition) is 0. The van der Waals surface area contributed by atoms with Crippen LogP contribution in [0.15, 0.2) is 48.6 Å². The van der Waals surface area contributed by atoms with Gasteiger partial charge >= 0.3 is 5.97 Å². The van der Waals surface area contributed by atoms with E-state index in [9.17, 15) is 4.79 Å². The highest BCUT2D eigenvalue weighted by Gasteiger charge is 2.63. The maximum atomic E-state index is 11.5. The molecule has 0 aromatic rings. The van der Waals surface area contributed by atoms with Crippen molar-refractivity contribution in [1.82, 2.24) is 0 Å². The van der Waals surface area contributed by atoms with E-state index in [1.807, 2.05) is 12.2 Å². The summed E-state index contributed by atoms with van der Waals surface area (Å²) in [5.41, 5.74) is 1.27. The molecule has 1 spiro atoms. The summed E-state index contributed by atoms with van der Waals surface area (Å²) in [6, 6.07) is 0. The van der Waals surface area contributed by atoms with Crippen LogP contribution in [0.1, 0.15) is 39.5 Å².